The van der Waals surface area contributed by atoms with Crippen molar-refractivity contribution < 1.29 is 0 Å². The van der Waals surface area contributed by atoms with Crippen molar-refractivity contribution in [2.24, 2.45) is 0 Å². The Morgan fingerprint density at radius 3 is 2.82 bits per heavy atom. The maximum absolute atomic E-state index is 9.16. The summed E-state index contributed by atoms with van der Waals surface area (Å²) in [6.45, 7) is 0. The largest absolute Gasteiger partial charge is 0.367 e. The van der Waals surface area contributed by atoms with E-state index in [9.17, 15) is 0 Å². The van der Waals surface area contributed by atoms with Crippen molar-refractivity contribution in [2.75, 3.05) is 5.32 Å². The van der Waals surface area contributed by atoms with Gasteiger partial charge in [0.25, 0.3) is 0 Å². The lowest BCUT2D eigenvalue weighted by molar-refractivity contribution is 0.444. The second-order valence-corrected chi connectivity index (χ2v) is 4.46. The Kier molecular flexibility index (Phi) is 2.41. The van der Waals surface area contributed by atoms with Gasteiger partial charge in [0, 0.05) is 11.4 Å². The minimum absolute atomic E-state index is 0.537. The van der Waals surface area contributed by atoms with E-state index in [1.807, 2.05) is 30.3 Å². The number of para-hydroxylation sites is 1. The van der Waals surface area contributed by atoms with E-state index in [1.165, 1.54) is 19.3 Å². The summed E-state index contributed by atoms with van der Waals surface area (Å²) < 4.78 is 0. The maximum Gasteiger partial charge on any atom is 0.128 e. The molecule has 0 amide bonds. The number of anilines is 1. The van der Waals surface area contributed by atoms with E-state index in [0.29, 0.717) is 11.6 Å². The Hall–Kier alpha value is -2.08. The molecule has 1 aromatic carbocycles. The molecular weight excluding hydrogens is 210 g/mol. The topological polar surface area (TPSA) is 48.7 Å². The summed E-state index contributed by atoms with van der Waals surface area (Å²) in [7, 11) is 0. The summed E-state index contributed by atoms with van der Waals surface area (Å²) in [4.78, 5) is 4.54. The molecule has 0 bridgehead atoms. The number of aromatic nitrogens is 1. The number of nitriles is 1. The van der Waals surface area contributed by atoms with Crippen LogP contribution >= 0.6 is 0 Å². The minimum atomic E-state index is 0.537. The highest BCUT2D eigenvalue weighted by molar-refractivity contribution is 5.86. The highest BCUT2D eigenvalue weighted by Gasteiger charge is 2.17. The van der Waals surface area contributed by atoms with Crippen molar-refractivity contribution in [1.82, 2.24) is 4.98 Å². The van der Waals surface area contributed by atoms with Crippen LogP contribution in [0.4, 0.5) is 5.82 Å². The van der Waals surface area contributed by atoms with Crippen molar-refractivity contribution in [2.45, 2.75) is 25.3 Å². The molecule has 3 nitrogen and oxygen atoms in total. The Balaban J connectivity index is 2.05. The molecule has 0 aliphatic heterocycles. The van der Waals surface area contributed by atoms with Gasteiger partial charge in [0.15, 0.2) is 0 Å². The van der Waals surface area contributed by atoms with E-state index in [1.54, 1.807) is 0 Å². The minimum Gasteiger partial charge on any atom is -0.367 e. The van der Waals surface area contributed by atoms with Crippen LogP contribution in [-0.2, 0) is 0 Å². The highest BCUT2D eigenvalue weighted by Crippen LogP contribution is 2.25. The molecule has 1 fully saturated rings. The summed E-state index contributed by atoms with van der Waals surface area (Å²) in [6.07, 6.45) is 3.70. The fourth-order valence-corrected chi connectivity index (χ4v) is 2.10. The monoisotopic (exact) mass is 223 g/mol. The molecule has 1 aromatic heterocycles. The lowest BCUT2D eigenvalue weighted by atomic mass is 9.93. The first kappa shape index (κ1) is 10.1. The lowest BCUT2D eigenvalue weighted by Gasteiger charge is -2.27. The van der Waals surface area contributed by atoms with Crippen LogP contribution < -0.4 is 5.32 Å². The first-order valence-electron chi connectivity index (χ1n) is 5.93. The zero-order valence-corrected chi connectivity index (χ0v) is 9.48. The van der Waals surface area contributed by atoms with Crippen LogP contribution in [0.15, 0.2) is 30.3 Å². The Bertz CT molecular complexity index is 594. The zero-order chi connectivity index (χ0) is 11.7. The summed E-state index contributed by atoms with van der Waals surface area (Å²) in [5.41, 5.74) is 1.57. The molecule has 1 saturated carbocycles. The molecule has 3 rings (SSSR count). The molecule has 0 saturated heterocycles. The third kappa shape index (κ3) is 1.83. The van der Waals surface area contributed by atoms with Gasteiger partial charge in [-0.1, -0.05) is 18.2 Å². The van der Waals surface area contributed by atoms with Gasteiger partial charge < -0.3 is 5.32 Å². The van der Waals surface area contributed by atoms with Crippen LogP contribution in [0.5, 0.6) is 0 Å². The van der Waals surface area contributed by atoms with Crippen LogP contribution in [0.3, 0.4) is 0 Å². The normalized spacial score (nSPS) is 15.2. The predicted molar refractivity (Wildman–Crippen MR) is 67.7 cm³/mol. The third-order valence-corrected chi connectivity index (χ3v) is 3.29. The SMILES string of the molecule is N#Cc1cc(NC2CCC2)nc2ccccc12. The smallest absolute Gasteiger partial charge is 0.128 e. The number of hydrogen-bond donors (Lipinski definition) is 1. The second-order valence-electron chi connectivity index (χ2n) is 4.46. The second kappa shape index (κ2) is 4.06. The molecule has 3 heteroatoms. The van der Waals surface area contributed by atoms with E-state index < -0.39 is 0 Å². The molecule has 1 aliphatic carbocycles. The first-order chi connectivity index (χ1) is 8.36. The summed E-state index contributed by atoms with van der Waals surface area (Å²) in [6, 6.07) is 12.4. The van der Waals surface area contributed by atoms with Gasteiger partial charge in [0.1, 0.15) is 5.82 Å². The van der Waals surface area contributed by atoms with E-state index in [0.717, 1.165) is 16.7 Å². The van der Waals surface area contributed by atoms with Gasteiger partial charge in [0.05, 0.1) is 17.1 Å². The first-order valence-corrected chi connectivity index (χ1v) is 5.93. The van der Waals surface area contributed by atoms with Gasteiger partial charge in [-0.2, -0.15) is 5.26 Å². The van der Waals surface area contributed by atoms with Crippen molar-refractivity contribution in [1.29, 1.82) is 5.26 Å². The molecule has 17 heavy (non-hydrogen) atoms. The van der Waals surface area contributed by atoms with Crippen molar-refractivity contribution in [3.05, 3.63) is 35.9 Å². The Morgan fingerprint density at radius 1 is 1.29 bits per heavy atom. The van der Waals surface area contributed by atoms with Gasteiger partial charge in [-0.3, -0.25) is 0 Å². The molecule has 0 radical (unpaired) electrons. The van der Waals surface area contributed by atoms with Gasteiger partial charge >= 0.3 is 0 Å². The number of hydrogen-bond acceptors (Lipinski definition) is 3. The van der Waals surface area contributed by atoms with E-state index in [4.69, 9.17) is 5.26 Å². The van der Waals surface area contributed by atoms with Crippen LogP contribution in [0.25, 0.3) is 10.9 Å². The Morgan fingerprint density at radius 2 is 2.12 bits per heavy atom. The van der Waals surface area contributed by atoms with Crippen molar-refractivity contribution in [3.8, 4) is 6.07 Å². The highest BCUT2D eigenvalue weighted by atomic mass is 15.0. The molecule has 1 aliphatic rings. The number of pyridine rings is 1. The van der Waals surface area contributed by atoms with Crippen molar-refractivity contribution in [3.63, 3.8) is 0 Å². The summed E-state index contributed by atoms with van der Waals surface area (Å²) in [5.74, 6) is 0.824. The summed E-state index contributed by atoms with van der Waals surface area (Å²) >= 11 is 0. The van der Waals surface area contributed by atoms with E-state index in [-0.39, 0.29) is 0 Å². The van der Waals surface area contributed by atoms with E-state index >= 15 is 0 Å². The number of fused-ring (bicyclic) bond motifs is 1. The fourth-order valence-electron chi connectivity index (χ4n) is 2.10. The molecule has 0 spiro atoms. The van der Waals surface area contributed by atoms with Gasteiger partial charge in [-0.25, -0.2) is 4.98 Å². The van der Waals surface area contributed by atoms with Gasteiger partial charge in [0.2, 0.25) is 0 Å². The van der Waals surface area contributed by atoms with Crippen LogP contribution in [0.2, 0.25) is 0 Å². The van der Waals surface area contributed by atoms with Gasteiger partial charge in [-0.15, -0.1) is 0 Å². The average Bonchev–Trinajstić information content (AvgIpc) is 2.33. The maximum atomic E-state index is 9.16. The Labute approximate surface area is 100 Å². The number of nitrogens with zero attached hydrogens (tertiary/aromatic N) is 2. The molecule has 1 N–H and O–H groups in total. The number of rotatable bonds is 2. The molecule has 0 unspecified atom stereocenters. The van der Waals surface area contributed by atoms with Crippen LogP contribution in [0.1, 0.15) is 24.8 Å². The zero-order valence-electron chi connectivity index (χ0n) is 9.48. The quantitative estimate of drug-likeness (QED) is 0.851. The molecule has 2 aromatic rings. The number of benzene rings is 1. The molecular formula is C14H13N3. The third-order valence-electron chi connectivity index (χ3n) is 3.29. The average molecular weight is 223 g/mol. The summed E-state index contributed by atoms with van der Waals surface area (Å²) in [5, 5.41) is 13.5. The van der Waals surface area contributed by atoms with Crippen molar-refractivity contribution >= 4 is 16.7 Å². The molecule has 0 atom stereocenters. The lowest BCUT2D eigenvalue weighted by Crippen LogP contribution is -2.27. The van der Waals surface area contributed by atoms with Crippen LogP contribution in [-0.4, -0.2) is 11.0 Å². The molecule has 1 heterocycles. The molecule has 84 valence electrons. The predicted octanol–water partition coefficient (Wildman–Crippen LogP) is 3.07. The number of nitrogens with one attached hydrogen (secondary N) is 1. The van der Waals surface area contributed by atoms with Crippen LogP contribution in [0, 0.1) is 11.3 Å². The fraction of sp³-hybridized carbons (Fsp3) is 0.286. The standard InChI is InChI=1S/C14H13N3/c15-9-10-8-14(16-11-4-3-5-11)17-13-7-2-1-6-12(10)13/h1-2,6-8,11H,3-5H2,(H,16,17). The van der Waals surface area contributed by atoms with Gasteiger partial charge in [-0.05, 0) is 31.4 Å². The van der Waals surface area contributed by atoms with E-state index in [2.05, 4.69) is 16.4 Å².